The van der Waals surface area contributed by atoms with E-state index >= 15 is 0 Å². The van der Waals surface area contributed by atoms with Crippen LogP contribution in [0.2, 0.25) is 0 Å². The summed E-state index contributed by atoms with van der Waals surface area (Å²) in [5.41, 5.74) is 0. The van der Waals surface area contributed by atoms with Crippen LogP contribution in [0.1, 0.15) is 13.8 Å². The molecule has 7 rings (SSSR count). The smallest absolute Gasteiger partial charge is 0.217 e. The molecule has 0 aromatic heterocycles. The summed E-state index contributed by atoms with van der Waals surface area (Å²) < 4.78 is 74.6. The SMILES string of the molecule is CC(=O)N[C@@H]1[C@@H](O)[C@H](O[C@@H]2O[C@H](CO)[C@@H](O[C@@H]3O[C@H](CO[C@H]4O[C@H](CO[C@H]5O[C@H](CO)[C@@H](O)[C@H](O)[C@@H]5O)[C@@H](O)[C@H](O)[C@@H]4O[C@H]4O[C@H](CO)[C@@H](O)[C@H](O)[C@@H]4O)[C@@H](O)[C@H](O[C@H]4O[C@H](CO)[C@@H](O)[C@H](O)[C@@H]4O)[C@@H]3O)[C@H](O)[C@H]2NC(C)=O)[C@@H](CO)O[C@H]1O. The minimum Gasteiger partial charge on any atom is -0.394 e. The zero-order valence-corrected chi connectivity index (χ0v) is 44.7. The molecule has 0 unspecified atom stereocenters. The van der Waals surface area contributed by atoms with E-state index in [1.807, 2.05) is 0 Å². The summed E-state index contributed by atoms with van der Waals surface area (Å²) in [6.07, 6.45) is -65.2. The lowest BCUT2D eigenvalue weighted by molar-refractivity contribution is -0.390. The summed E-state index contributed by atoms with van der Waals surface area (Å²) >= 11 is 0. The summed E-state index contributed by atoms with van der Waals surface area (Å²) in [5.74, 6) is -1.61. The topological polar surface area (TPSA) is 603 Å². The summed E-state index contributed by atoms with van der Waals surface area (Å²) in [6.45, 7) is -4.80. The molecule has 0 saturated carbocycles. The minimum atomic E-state index is -2.35. The molecular weight excluding hydrogens is 1160 g/mol. The fourth-order valence-electron chi connectivity index (χ4n) is 10.6. The molecule has 35 atom stereocenters. The van der Waals surface area contributed by atoms with Gasteiger partial charge in [-0.25, -0.2) is 0 Å². The van der Waals surface area contributed by atoms with E-state index in [0.29, 0.717) is 0 Å². The molecule has 7 heterocycles. The average molecular weight is 1240 g/mol. The molecule has 7 aliphatic heterocycles. The van der Waals surface area contributed by atoms with E-state index in [-0.39, 0.29) is 0 Å². The molecule has 38 nitrogen and oxygen atoms in total. The van der Waals surface area contributed by atoms with E-state index in [2.05, 4.69) is 10.6 Å². The molecule has 84 heavy (non-hydrogen) atoms. The Morgan fingerprint density at radius 1 is 0.310 bits per heavy atom. The van der Waals surface area contributed by atoms with Gasteiger partial charge in [0, 0.05) is 13.8 Å². The van der Waals surface area contributed by atoms with Crippen LogP contribution >= 0.6 is 0 Å². The average Bonchev–Trinajstić information content (AvgIpc) is 3.67. The van der Waals surface area contributed by atoms with Gasteiger partial charge in [0.05, 0.1) is 46.2 Å². The molecule has 488 valence electrons. The molecule has 23 N–H and O–H groups in total. The molecule has 7 saturated heterocycles. The Hall–Kier alpha value is -2.42. The summed E-state index contributed by atoms with van der Waals surface area (Å²) in [7, 11) is 0. The van der Waals surface area contributed by atoms with Crippen LogP contribution in [0.5, 0.6) is 0 Å². The highest BCUT2D eigenvalue weighted by atomic mass is 16.8. The van der Waals surface area contributed by atoms with Crippen molar-refractivity contribution in [3.8, 4) is 0 Å². The lowest BCUT2D eigenvalue weighted by atomic mass is 9.94. The fourth-order valence-corrected chi connectivity index (χ4v) is 10.6. The Bertz CT molecular complexity index is 2060. The molecule has 7 aliphatic rings. The standard InChI is InChI=1S/C46H78N2O36/c1-10(54)47-19-26(61)36(15(6-52)74-40(19)71)81-41-20(48-11(2)55)27(62)37(16(7-53)78-41)82-45-35(70)38(83-43-33(68)29(64)22(57)13(4-50)76-43)25(60)18(79-45)9-73-46-39(84-44-34(69)30(65)23(58)14(5-51)77-44)31(66)24(59)17(80-46)8-72-42-32(67)28(63)21(56)12(3-49)75-42/h12-46,49-53,56-71H,3-9H2,1-2H3,(H,47,54)(H,48,55)/t12-,13-,14-,15-,16-,17-,18-,19-,20-,21-,22-,23-,24-,25-,26-,27-,28+,29+,30+,31+,32+,33+,34+,35+,36-,37-,38+,39+,40-,41+,42+,43-,44-,45+,46+/m1/s1. The molecule has 0 aromatic rings. The van der Waals surface area contributed by atoms with E-state index in [4.69, 9.17) is 61.6 Å². The van der Waals surface area contributed by atoms with Crippen LogP contribution in [0.15, 0.2) is 0 Å². The Morgan fingerprint density at radius 2 is 0.643 bits per heavy atom. The van der Waals surface area contributed by atoms with Crippen molar-refractivity contribution in [3.05, 3.63) is 0 Å². The first-order valence-electron chi connectivity index (χ1n) is 26.6. The fraction of sp³-hybridized carbons (Fsp3) is 0.957. The maximum atomic E-state index is 12.7. The number of amides is 2. The van der Waals surface area contributed by atoms with Crippen LogP contribution in [0.4, 0.5) is 0 Å². The molecule has 0 bridgehead atoms. The molecule has 0 spiro atoms. The van der Waals surface area contributed by atoms with Crippen molar-refractivity contribution in [2.45, 2.75) is 229 Å². The molecule has 0 aromatic carbocycles. The Balaban J connectivity index is 1.18. The lowest BCUT2D eigenvalue weighted by Gasteiger charge is -2.50. The van der Waals surface area contributed by atoms with Crippen molar-refractivity contribution in [2.24, 2.45) is 0 Å². The first-order valence-corrected chi connectivity index (χ1v) is 26.6. The van der Waals surface area contributed by atoms with Gasteiger partial charge in [0.15, 0.2) is 44.0 Å². The van der Waals surface area contributed by atoms with Gasteiger partial charge in [0.25, 0.3) is 0 Å². The van der Waals surface area contributed by atoms with Crippen LogP contribution in [0.3, 0.4) is 0 Å². The quantitative estimate of drug-likeness (QED) is 0.0507. The third-order valence-corrected chi connectivity index (χ3v) is 15.3. The molecule has 7 fully saturated rings. The number of rotatable bonds is 21. The van der Waals surface area contributed by atoms with E-state index in [0.717, 1.165) is 13.8 Å². The number of ether oxygens (including phenoxy) is 13. The predicted molar refractivity (Wildman–Crippen MR) is 255 cm³/mol. The third kappa shape index (κ3) is 14.9. The van der Waals surface area contributed by atoms with Crippen LogP contribution in [-0.2, 0) is 71.2 Å². The zero-order valence-electron chi connectivity index (χ0n) is 44.7. The second kappa shape index (κ2) is 29.9. The number of nitrogens with one attached hydrogen (secondary N) is 2. The molecule has 0 radical (unpaired) electrons. The van der Waals surface area contributed by atoms with E-state index in [9.17, 15) is 117 Å². The number of carbonyl (C=O) groups is 2. The third-order valence-electron chi connectivity index (χ3n) is 15.3. The first kappa shape index (κ1) is 69.1. The number of aliphatic hydroxyl groups is 21. The second-order valence-corrected chi connectivity index (χ2v) is 21.1. The van der Waals surface area contributed by atoms with E-state index < -0.39 is 273 Å². The van der Waals surface area contributed by atoms with Crippen molar-refractivity contribution in [2.75, 3.05) is 46.2 Å². The first-order chi connectivity index (χ1) is 39.7. The van der Waals surface area contributed by atoms with Gasteiger partial charge in [-0.05, 0) is 0 Å². The maximum Gasteiger partial charge on any atom is 0.217 e. The lowest BCUT2D eigenvalue weighted by Crippen LogP contribution is -2.70. The summed E-state index contributed by atoms with van der Waals surface area (Å²) in [5, 5.41) is 231. The molecule has 38 heteroatoms. The molecule has 2 amide bonds. The Labute approximate surface area is 475 Å². The van der Waals surface area contributed by atoms with Crippen molar-refractivity contribution < 1.29 is 178 Å². The van der Waals surface area contributed by atoms with Crippen molar-refractivity contribution in [3.63, 3.8) is 0 Å². The van der Waals surface area contributed by atoms with Crippen molar-refractivity contribution in [1.82, 2.24) is 10.6 Å². The van der Waals surface area contributed by atoms with Gasteiger partial charge in [0.2, 0.25) is 11.8 Å². The van der Waals surface area contributed by atoms with Crippen LogP contribution in [-0.4, -0.2) is 380 Å². The molecule has 0 aliphatic carbocycles. The van der Waals surface area contributed by atoms with Gasteiger partial charge >= 0.3 is 0 Å². The Morgan fingerprint density at radius 3 is 1.13 bits per heavy atom. The number of hydrogen-bond donors (Lipinski definition) is 23. The monoisotopic (exact) mass is 1230 g/mol. The largest absolute Gasteiger partial charge is 0.394 e. The van der Waals surface area contributed by atoms with Gasteiger partial charge in [-0.3, -0.25) is 9.59 Å². The highest BCUT2D eigenvalue weighted by molar-refractivity contribution is 5.73. The van der Waals surface area contributed by atoms with Gasteiger partial charge in [-0.1, -0.05) is 0 Å². The minimum absolute atomic E-state index is 0.740. The van der Waals surface area contributed by atoms with Crippen molar-refractivity contribution >= 4 is 11.8 Å². The van der Waals surface area contributed by atoms with Gasteiger partial charge in [-0.2, -0.15) is 0 Å². The van der Waals surface area contributed by atoms with Gasteiger partial charge < -0.3 is 179 Å². The van der Waals surface area contributed by atoms with Crippen LogP contribution in [0.25, 0.3) is 0 Å². The highest BCUT2D eigenvalue weighted by Crippen LogP contribution is 2.37. The van der Waals surface area contributed by atoms with Crippen LogP contribution < -0.4 is 10.6 Å². The van der Waals surface area contributed by atoms with Gasteiger partial charge in [-0.15, -0.1) is 0 Å². The maximum absolute atomic E-state index is 12.7. The number of carbonyl (C=O) groups excluding carboxylic acids is 2. The van der Waals surface area contributed by atoms with Crippen LogP contribution in [0, 0.1) is 0 Å². The van der Waals surface area contributed by atoms with E-state index in [1.165, 1.54) is 0 Å². The number of hydrogen-bond acceptors (Lipinski definition) is 36. The Kier molecular flexibility index (Phi) is 24.6. The summed E-state index contributed by atoms with van der Waals surface area (Å²) in [4.78, 5) is 24.6. The summed E-state index contributed by atoms with van der Waals surface area (Å²) in [6, 6.07) is -3.38. The zero-order chi connectivity index (χ0) is 61.9. The predicted octanol–water partition coefficient (Wildman–Crippen LogP) is -16.0. The second-order valence-electron chi connectivity index (χ2n) is 21.1. The molecular formula is C46H78N2O36. The number of aliphatic hydroxyl groups excluding tert-OH is 21. The highest BCUT2D eigenvalue weighted by Gasteiger charge is 2.58. The van der Waals surface area contributed by atoms with Gasteiger partial charge in [0.1, 0.15) is 171 Å². The normalized spacial score (nSPS) is 50.3. The van der Waals surface area contributed by atoms with Crippen molar-refractivity contribution in [1.29, 1.82) is 0 Å². The van der Waals surface area contributed by atoms with E-state index in [1.54, 1.807) is 0 Å².